The molecule has 0 aromatic rings. The van der Waals surface area contributed by atoms with E-state index < -0.39 is 5.97 Å². The average molecular weight is 242 g/mol. The molecule has 1 N–H and O–H groups in total. The summed E-state index contributed by atoms with van der Waals surface area (Å²) in [6.07, 6.45) is 1.44. The molecule has 5 nitrogen and oxygen atoms in total. The smallest absolute Gasteiger partial charge is 0.303 e. The molecule has 5 heteroatoms. The Bertz CT molecular complexity index is 293. The topological polar surface area (TPSA) is 60.9 Å². The lowest BCUT2D eigenvalue weighted by atomic mass is 10.0. The van der Waals surface area contributed by atoms with Crippen LogP contribution in [0.25, 0.3) is 0 Å². The molecule has 0 radical (unpaired) electrons. The number of nitrogens with zero attached hydrogens (tertiary/aromatic N) is 2. The van der Waals surface area contributed by atoms with Crippen LogP contribution in [0.1, 0.15) is 33.1 Å². The van der Waals surface area contributed by atoms with E-state index in [9.17, 15) is 9.59 Å². The first kappa shape index (κ1) is 14.0. The Morgan fingerprint density at radius 1 is 1.53 bits per heavy atom. The summed E-state index contributed by atoms with van der Waals surface area (Å²) in [4.78, 5) is 26.5. The van der Waals surface area contributed by atoms with Gasteiger partial charge in [-0.1, -0.05) is 6.92 Å². The molecule has 2 atom stereocenters. The Balaban J connectivity index is 2.74. The van der Waals surface area contributed by atoms with E-state index in [0.29, 0.717) is 12.5 Å². The van der Waals surface area contributed by atoms with Gasteiger partial charge in [0, 0.05) is 26.1 Å². The zero-order valence-electron chi connectivity index (χ0n) is 10.8. The number of piperazine rings is 1. The molecule has 0 bridgehead atoms. The second kappa shape index (κ2) is 6.00. The van der Waals surface area contributed by atoms with E-state index in [-0.39, 0.29) is 18.4 Å². The third-order valence-electron chi connectivity index (χ3n) is 3.28. The van der Waals surface area contributed by atoms with Crippen LogP contribution in [0.15, 0.2) is 0 Å². The molecule has 1 amide bonds. The minimum Gasteiger partial charge on any atom is -0.481 e. The van der Waals surface area contributed by atoms with Crippen LogP contribution in [0.3, 0.4) is 0 Å². The van der Waals surface area contributed by atoms with Gasteiger partial charge in [0.15, 0.2) is 0 Å². The SMILES string of the molecule is CCCN1C(C)CN(C)C(=O)C1CCC(=O)O. The lowest BCUT2D eigenvalue weighted by molar-refractivity contribution is -0.144. The van der Waals surface area contributed by atoms with Crippen LogP contribution in [-0.2, 0) is 9.59 Å². The van der Waals surface area contributed by atoms with Gasteiger partial charge in [0.25, 0.3) is 0 Å². The van der Waals surface area contributed by atoms with E-state index in [1.807, 2.05) is 0 Å². The van der Waals surface area contributed by atoms with Crippen molar-refractivity contribution in [2.45, 2.75) is 45.2 Å². The highest BCUT2D eigenvalue weighted by Gasteiger charge is 2.36. The standard InChI is InChI=1S/C12H22N2O3/c1-4-7-14-9(2)8-13(3)12(17)10(14)5-6-11(15)16/h9-10H,4-8H2,1-3H3,(H,15,16). The molecule has 1 aliphatic rings. The number of aliphatic carboxylic acids is 1. The molecule has 0 aliphatic carbocycles. The van der Waals surface area contributed by atoms with Gasteiger partial charge in [0.1, 0.15) is 0 Å². The molecule has 17 heavy (non-hydrogen) atoms. The Morgan fingerprint density at radius 3 is 2.71 bits per heavy atom. The molecule has 0 aromatic heterocycles. The predicted molar refractivity (Wildman–Crippen MR) is 64.8 cm³/mol. The molecule has 0 saturated carbocycles. The van der Waals surface area contributed by atoms with Crippen LogP contribution >= 0.6 is 0 Å². The van der Waals surface area contributed by atoms with Crippen molar-refractivity contribution in [1.82, 2.24) is 9.80 Å². The molecule has 0 spiro atoms. The summed E-state index contributed by atoms with van der Waals surface area (Å²) in [6, 6.07) is 0.0382. The fraction of sp³-hybridized carbons (Fsp3) is 0.833. The van der Waals surface area contributed by atoms with Crippen molar-refractivity contribution in [3.63, 3.8) is 0 Å². The van der Waals surface area contributed by atoms with Crippen molar-refractivity contribution >= 4 is 11.9 Å². The maximum Gasteiger partial charge on any atom is 0.303 e. The fourth-order valence-electron chi connectivity index (χ4n) is 2.48. The van der Waals surface area contributed by atoms with E-state index in [2.05, 4.69) is 18.7 Å². The van der Waals surface area contributed by atoms with Gasteiger partial charge in [0.05, 0.1) is 6.04 Å². The number of rotatable bonds is 5. The average Bonchev–Trinajstić information content (AvgIpc) is 2.25. The third kappa shape index (κ3) is 3.43. The molecule has 2 unspecified atom stereocenters. The van der Waals surface area contributed by atoms with Gasteiger partial charge < -0.3 is 10.0 Å². The van der Waals surface area contributed by atoms with Crippen molar-refractivity contribution in [3.05, 3.63) is 0 Å². The highest BCUT2D eigenvalue weighted by molar-refractivity contribution is 5.83. The number of carboxylic acid groups (broad SMARTS) is 1. The summed E-state index contributed by atoms with van der Waals surface area (Å²) >= 11 is 0. The molecular formula is C12H22N2O3. The van der Waals surface area contributed by atoms with E-state index >= 15 is 0 Å². The number of carbonyl (C=O) groups excluding carboxylic acids is 1. The lowest BCUT2D eigenvalue weighted by Crippen LogP contribution is -2.60. The highest BCUT2D eigenvalue weighted by atomic mass is 16.4. The summed E-state index contributed by atoms with van der Waals surface area (Å²) in [7, 11) is 1.79. The quantitative estimate of drug-likeness (QED) is 0.774. The van der Waals surface area contributed by atoms with Gasteiger partial charge in [-0.2, -0.15) is 0 Å². The maximum absolute atomic E-state index is 12.1. The van der Waals surface area contributed by atoms with Crippen LogP contribution < -0.4 is 0 Å². The number of amides is 1. The maximum atomic E-state index is 12.1. The fourth-order valence-corrected chi connectivity index (χ4v) is 2.48. The summed E-state index contributed by atoms with van der Waals surface area (Å²) in [5, 5.41) is 8.73. The van der Waals surface area contributed by atoms with Gasteiger partial charge in [-0.05, 0) is 26.3 Å². The molecule has 1 saturated heterocycles. The van der Waals surface area contributed by atoms with E-state index in [0.717, 1.165) is 19.5 Å². The summed E-state index contributed by atoms with van der Waals surface area (Å²) in [5.74, 6) is -0.784. The number of carboxylic acids is 1. The number of hydrogen-bond acceptors (Lipinski definition) is 3. The monoisotopic (exact) mass is 242 g/mol. The Labute approximate surface area is 102 Å². The molecule has 1 rings (SSSR count). The van der Waals surface area contributed by atoms with Crippen LogP contribution in [0.4, 0.5) is 0 Å². The van der Waals surface area contributed by atoms with Crippen LogP contribution in [-0.4, -0.2) is 59.0 Å². The second-order valence-corrected chi connectivity index (χ2v) is 4.75. The van der Waals surface area contributed by atoms with Gasteiger partial charge >= 0.3 is 5.97 Å². The molecular weight excluding hydrogens is 220 g/mol. The molecule has 98 valence electrons. The zero-order valence-corrected chi connectivity index (χ0v) is 10.8. The highest BCUT2D eigenvalue weighted by Crippen LogP contribution is 2.20. The van der Waals surface area contributed by atoms with Crippen molar-refractivity contribution in [2.75, 3.05) is 20.1 Å². The van der Waals surface area contributed by atoms with E-state index in [4.69, 9.17) is 5.11 Å². The number of likely N-dealkylation sites (N-methyl/N-ethyl adjacent to an activating group) is 1. The van der Waals surface area contributed by atoms with Crippen molar-refractivity contribution in [2.24, 2.45) is 0 Å². The summed E-state index contributed by atoms with van der Waals surface area (Å²) in [5.41, 5.74) is 0. The number of hydrogen-bond donors (Lipinski definition) is 1. The normalized spacial score (nSPS) is 26.3. The molecule has 1 heterocycles. The van der Waals surface area contributed by atoms with Gasteiger partial charge in [-0.3, -0.25) is 14.5 Å². The predicted octanol–water partition coefficient (Wildman–Crippen LogP) is 0.792. The minimum absolute atomic E-state index is 0.0528. The Hall–Kier alpha value is -1.10. The lowest BCUT2D eigenvalue weighted by Gasteiger charge is -2.43. The van der Waals surface area contributed by atoms with Crippen LogP contribution in [0, 0.1) is 0 Å². The first-order valence-corrected chi connectivity index (χ1v) is 6.19. The van der Waals surface area contributed by atoms with Gasteiger partial charge in [-0.25, -0.2) is 0 Å². The van der Waals surface area contributed by atoms with Crippen LogP contribution in [0.2, 0.25) is 0 Å². The minimum atomic E-state index is -0.838. The zero-order chi connectivity index (χ0) is 13.0. The molecule has 0 aromatic carbocycles. The summed E-state index contributed by atoms with van der Waals surface area (Å²) in [6.45, 7) is 5.74. The van der Waals surface area contributed by atoms with Crippen molar-refractivity contribution < 1.29 is 14.7 Å². The third-order valence-corrected chi connectivity index (χ3v) is 3.28. The first-order chi connectivity index (χ1) is 7.97. The Morgan fingerprint density at radius 2 is 2.18 bits per heavy atom. The van der Waals surface area contributed by atoms with E-state index in [1.54, 1.807) is 11.9 Å². The largest absolute Gasteiger partial charge is 0.481 e. The van der Waals surface area contributed by atoms with Crippen LogP contribution in [0.5, 0.6) is 0 Å². The summed E-state index contributed by atoms with van der Waals surface area (Å²) < 4.78 is 0. The van der Waals surface area contributed by atoms with Gasteiger partial charge in [-0.15, -0.1) is 0 Å². The van der Waals surface area contributed by atoms with Gasteiger partial charge in [0.2, 0.25) is 5.91 Å². The number of carbonyl (C=O) groups is 2. The molecule has 1 aliphatic heterocycles. The second-order valence-electron chi connectivity index (χ2n) is 4.75. The van der Waals surface area contributed by atoms with E-state index in [1.165, 1.54) is 0 Å². The van der Waals surface area contributed by atoms with Crippen molar-refractivity contribution in [1.29, 1.82) is 0 Å². The van der Waals surface area contributed by atoms with Crippen molar-refractivity contribution in [3.8, 4) is 0 Å². The first-order valence-electron chi connectivity index (χ1n) is 6.19. The Kier molecular flexibility index (Phi) is 4.93. The molecule has 1 fully saturated rings.